The highest BCUT2D eigenvalue weighted by Gasteiger charge is 2.13. The first-order chi connectivity index (χ1) is 8.66. The molecule has 2 aromatic carbocycles. The molecule has 0 spiro atoms. The summed E-state index contributed by atoms with van der Waals surface area (Å²) in [7, 11) is 0. The molecule has 0 saturated carbocycles. The van der Waals surface area contributed by atoms with Crippen molar-refractivity contribution in [1.29, 1.82) is 0 Å². The number of carbonyl (C=O) groups is 1. The Morgan fingerprint density at radius 1 is 1.06 bits per heavy atom. The number of hydrogen-bond acceptors (Lipinski definition) is 3. The lowest BCUT2D eigenvalue weighted by atomic mass is 9.92. The molecule has 1 atom stereocenters. The molecule has 3 heteroatoms. The second kappa shape index (κ2) is 5.36. The lowest BCUT2D eigenvalue weighted by Gasteiger charge is -2.18. The van der Waals surface area contributed by atoms with Crippen molar-refractivity contribution in [3.05, 3.63) is 65.7 Å². The van der Waals surface area contributed by atoms with Crippen LogP contribution in [-0.4, -0.2) is 5.97 Å². The normalized spacial score (nSPS) is 12.0. The average Bonchev–Trinajstić information content (AvgIpc) is 2.38. The Balaban J connectivity index is 2.22. The quantitative estimate of drug-likeness (QED) is 0.820. The van der Waals surface area contributed by atoms with Crippen LogP contribution in [-0.2, 0) is 11.2 Å². The van der Waals surface area contributed by atoms with Crippen molar-refractivity contribution in [3.8, 4) is 0 Å². The second-order valence-electron chi connectivity index (χ2n) is 4.23. The van der Waals surface area contributed by atoms with Gasteiger partial charge in [0.05, 0.1) is 0 Å². The van der Waals surface area contributed by atoms with Crippen molar-refractivity contribution >= 4 is 11.7 Å². The number of aliphatic carboxylic acids is 1. The molecule has 0 aliphatic heterocycles. The topological polar surface area (TPSA) is 66.2 Å². The Bertz CT molecular complexity index is 520. The summed E-state index contributed by atoms with van der Waals surface area (Å²) in [6.45, 7) is 0. The van der Waals surface area contributed by atoms with Gasteiger partial charge in [0.15, 0.2) is 0 Å². The Hall–Kier alpha value is -2.29. The molecule has 0 aromatic heterocycles. The van der Waals surface area contributed by atoms with Crippen LogP contribution in [0.3, 0.4) is 0 Å². The Morgan fingerprint density at radius 3 is 2.22 bits per heavy atom. The van der Waals surface area contributed by atoms with Crippen LogP contribution < -0.4 is 10.8 Å². The molecule has 0 amide bonds. The standard InChI is InChI=1S/C15H15NO2/c16-13-8-6-11(7-9-13)10-14(15(17)18)12-4-2-1-3-5-12/h1-9,14H,10,16H2,(H,17,18)/p-1/t14-/m1/s1. The molecule has 2 N–H and O–H groups in total. The average molecular weight is 240 g/mol. The summed E-state index contributed by atoms with van der Waals surface area (Å²) in [6, 6.07) is 16.3. The molecule has 3 nitrogen and oxygen atoms in total. The van der Waals surface area contributed by atoms with E-state index in [9.17, 15) is 9.90 Å². The number of nitrogens with two attached hydrogens (primary N) is 1. The zero-order chi connectivity index (χ0) is 13.0. The van der Waals surface area contributed by atoms with Crippen molar-refractivity contribution in [1.82, 2.24) is 0 Å². The highest BCUT2D eigenvalue weighted by molar-refractivity contribution is 5.74. The zero-order valence-electron chi connectivity index (χ0n) is 9.87. The van der Waals surface area contributed by atoms with Gasteiger partial charge >= 0.3 is 0 Å². The second-order valence-corrected chi connectivity index (χ2v) is 4.23. The monoisotopic (exact) mass is 240 g/mol. The molecule has 0 unspecified atom stereocenters. The number of anilines is 1. The molecular weight excluding hydrogens is 226 g/mol. The first kappa shape index (κ1) is 12.2. The van der Waals surface area contributed by atoms with E-state index < -0.39 is 11.9 Å². The minimum atomic E-state index is -1.06. The fourth-order valence-electron chi connectivity index (χ4n) is 1.91. The fraction of sp³-hybridized carbons (Fsp3) is 0.133. The van der Waals surface area contributed by atoms with E-state index in [2.05, 4.69) is 0 Å². The third-order valence-corrected chi connectivity index (χ3v) is 2.91. The Kier molecular flexibility index (Phi) is 3.63. The molecule has 92 valence electrons. The van der Waals surface area contributed by atoms with Gasteiger partial charge in [-0.1, -0.05) is 42.5 Å². The van der Waals surface area contributed by atoms with Crippen LogP contribution in [0, 0.1) is 0 Å². The number of hydrogen-bond donors (Lipinski definition) is 1. The van der Waals surface area contributed by atoms with E-state index in [1.807, 2.05) is 30.3 Å². The van der Waals surface area contributed by atoms with Gasteiger partial charge in [0.1, 0.15) is 0 Å². The van der Waals surface area contributed by atoms with Crippen molar-refractivity contribution in [2.24, 2.45) is 0 Å². The third-order valence-electron chi connectivity index (χ3n) is 2.91. The van der Waals surface area contributed by atoms with Gasteiger partial charge < -0.3 is 15.6 Å². The van der Waals surface area contributed by atoms with Gasteiger partial charge in [-0.3, -0.25) is 0 Å². The van der Waals surface area contributed by atoms with Gasteiger partial charge in [0.25, 0.3) is 0 Å². The molecule has 0 saturated heterocycles. The number of carbonyl (C=O) groups excluding carboxylic acids is 1. The predicted molar refractivity (Wildman–Crippen MR) is 68.7 cm³/mol. The van der Waals surface area contributed by atoms with Gasteiger partial charge in [-0.25, -0.2) is 0 Å². The van der Waals surface area contributed by atoms with Crippen LogP contribution in [0.4, 0.5) is 5.69 Å². The number of benzene rings is 2. The molecular formula is C15H14NO2-. The van der Waals surface area contributed by atoms with E-state index in [0.29, 0.717) is 12.1 Å². The molecule has 0 radical (unpaired) electrons. The molecule has 0 fully saturated rings. The summed E-state index contributed by atoms with van der Waals surface area (Å²) in [5, 5.41) is 11.2. The van der Waals surface area contributed by atoms with Gasteiger partial charge in [-0.15, -0.1) is 0 Å². The maximum absolute atomic E-state index is 11.2. The smallest absolute Gasteiger partial charge is 0.0492 e. The first-order valence-electron chi connectivity index (χ1n) is 5.77. The maximum Gasteiger partial charge on any atom is 0.0492 e. The summed E-state index contributed by atoms with van der Waals surface area (Å²) in [5.41, 5.74) is 7.96. The number of rotatable bonds is 4. The minimum Gasteiger partial charge on any atom is -0.549 e. The molecule has 0 aliphatic carbocycles. The number of carboxylic acids is 1. The van der Waals surface area contributed by atoms with Crippen molar-refractivity contribution in [2.45, 2.75) is 12.3 Å². The maximum atomic E-state index is 11.2. The van der Waals surface area contributed by atoms with Crippen LogP contribution in [0.2, 0.25) is 0 Å². The van der Waals surface area contributed by atoms with Crippen LogP contribution in [0.15, 0.2) is 54.6 Å². The van der Waals surface area contributed by atoms with E-state index in [1.165, 1.54) is 0 Å². The van der Waals surface area contributed by atoms with E-state index in [1.54, 1.807) is 24.3 Å². The van der Waals surface area contributed by atoms with Crippen molar-refractivity contribution in [3.63, 3.8) is 0 Å². The van der Waals surface area contributed by atoms with Crippen molar-refractivity contribution < 1.29 is 9.90 Å². The lowest BCUT2D eigenvalue weighted by Crippen LogP contribution is -2.31. The van der Waals surface area contributed by atoms with Gasteiger partial charge in [-0.05, 0) is 29.7 Å². The summed E-state index contributed by atoms with van der Waals surface area (Å²) in [5.74, 6) is -1.69. The highest BCUT2D eigenvalue weighted by atomic mass is 16.4. The van der Waals surface area contributed by atoms with Crippen molar-refractivity contribution in [2.75, 3.05) is 5.73 Å². The summed E-state index contributed by atoms with van der Waals surface area (Å²) < 4.78 is 0. The van der Waals surface area contributed by atoms with E-state index in [-0.39, 0.29) is 0 Å². The molecule has 18 heavy (non-hydrogen) atoms. The van der Waals surface area contributed by atoms with E-state index >= 15 is 0 Å². The van der Waals surface area contributed by atoms with E-state index in [4.69, 9.17) is 5.73 Å². The fourth-order valence-corrected chi connectivity index (χ4v) is 1.91. The number of carboxylic acid groups (broad SMARTS) is 1. The van der Waals surface area contributed by atoms with Crippen LogP contribution in [0.1, 0.15) is 17.0 Å². The number of nitrogen functional groups attached to an aromatic ring is 1. The third kappa shape index (κ3) is 2.88. The Labute approximate surface area is 106 Å². The molecule has 2 aromatic rings. The summed E-state index contributed by atoms with van der Waals surface area (Å²) >= 11 is 0. The Morgan fingerprint density at radius 2 is 1.67 bits per heavy atom. The SMILES string of the molecule is Nc1ccc(C[C@@H](C(=O)[O-])c2ccccc2)cc1. The van der Waals surface area contributed by atoms with E-state index in [0.717, 1.165) is 11.1 Å². The molecule has 0 heterocycles. The summed E-state index contributed by atoms with van der Waals surface area (Å²) in [4.78, 5) is 11.2. The van der Waals surface area contributed by atoms with Crippen LogP contribution in [0.25, 0.3) is 0 Å². The molecule has 2 rings (SSSR count). The van der Waals surface area contributed by atoms with Crippen LogP contribution in [0.5, 0.6) is 0 Å². The first-order valence-corrected chi connectivity index (χ1v) is 5.77. The van der Waals surface area contributed by atoms with Gasteiger partial charge in [0, 0.05) is 17.6 Å². The van der Waals surface area contributed by atoms with Gasteiger partial charge in [-0.2, -0.15) is 0 Å². The predicted octanol–water partition coefficient (Wildman–Crippen LogP) is 1.34. The molecule has 0 bridgehead atoms. The lowest BCUT2D eigenvalue weighted by molar-refractivity contribution is -0.308. The highest BCUT2D eigenvalue weighted by Crippen LogP contribution is 2.20. The molecule has 0 aliphatic rings. The largest absolute Gasteiger partial charge is 0.549 e. The van der Waals surface area contributed by atoms with Gasteiger partial charge in [0.2, 0.25) is 0 Å². The summed E-state index contributed by atoms with van der Waals surface area (Å²) in [6.07, 6.45) is 0.409. The minimum absolute atomic E-state index is 0.409. The van der Waals surface area contributed by atoms with Crippen LogP contribution >= 0.6 is 0 Å². The zero-order valence-corrected chi connectivity index (χ0v) is 9.87.